The monoisotopic (exact) mass is 234 g/mol. The van der Waals surface area contributed by atoms with Gasteiger partial charge in [0.05, 0.1) is 13.7 Å². The second-order valence-corrected chi connectivity index (χ2v) is 3.55. The van der Waals surface area contributed by atoms with Crippen molar-refractivity contribution in [3.8, 4) is 17.6 Å². The summed E-state index contributed by atoms with van der Waals surface area (Å²) < 4.78 is 10.7. The quantitative estimate of drug-likeness (QED) is 0.765. The third-order valence-electron chi connectivity index (χ3n) is 2.31. The normalized spacial score (nSPS) is 11.5. The van der Waals surface area contributed by atoms with Crippen LogP contribution in [0.4, 0.5) is 0 Å². The number of hydrogen-bond acceptors (Lipinski definition) is 3. The fourth-order valence-electron chi connectivity index (χ4n) is 1.39. The molecule has 0 heterocycles. The van der Waals surface area contributed by atoms with Crippen molar-refractivity contribution >= 4 is 0 Å². The lowest BCUT2D eigenvalue weighted by molar-refractivity contribution is 0.0603. The maximum atomic E-state index is 8.86. The maximum absolute atomic E-state index is 8.86. The van der Waals surface area contributed by atoms with Crippen molar-refractivity contribution in [2.45, 2.75) is 26.1 Å². The third-order valence-corrected chi connectivity index (χ3v) is 2.31. The highest BCUT2D eigenvalue weighted by molar-refractivity contribution is 5.26. The molecule has 0 fully saturated rings. The first kappa shape index (κ1) is 13.6. The molecule has 1 rings (SSSR count). The maximum Gasteiger partial charge on any atom is 0.120 e. The fraction of sp³-hybridized carbons (Fsp3) is 0.429. The SMILES string of the molecule is CC#CC(CCO)OCc1ccc(OC)cc1. The standard InChI is InChI=1S/C14H18O3/c1-3-4-14(9-10-15)17-11-12-5-7-13(16-2)8-6-12/h5-8,14-15H,9-11H2,1-2H3. The van der Waals surface area contributed by atoms with E-state index in [1.807, 2.05) is 24.3 Å². The van der Waals surface area contributed by atoms with Crippen molar-refractivity contribution in [3.05, 3.63) is 29.8 Å². The van der Waals surface area contributed by atoms with Crippen LogP contribution in [0.25, 0.3) is 0 Å². The van der Waals surface area contributed by atoms with Crippen molar-refractivity contribution in [1.82, 2.24) is 0 Å². The summed E-state index contributed by atoms with van der Waals surface area (Å²) in [5, 5.41) is 8.86. The molecule has 1 aromatic carbocycles. The average molecular weight is 234 g/mol. The van der Waals surface area contributed by atoms with Crippen molar-refractivity contribution in [2.24, 2.45) is 0 Å². The summed E-state index contributed by atoms with van der Waals surface area (Å²) in [6, 6.07) is 7.69. The van der Waals surface area contributed by atoms with Gasteiger partial charge in [-0.25, -0.2) is 0 Å². The van der Waals surface area contributed by atoms with Crippen LogP contribution in [0, 0.1) is 11.8 Å². The molecule has 0 amide bonds. The number of benzene rings is 1. The zero-order valence-corrected chi connectivity index (χ0v) is 10.3. The molecule has 1 aromatic rings. The molecule has 1 unspecified atom stereocenters. The van der Waals surface area contributed by atoms with E-state index in [0.717, 1.165) is 11.3 Å². The topological polar surface area (TPSA) is 38.7 Å². The zero-order chi connectivity index (χ0) is 12.5. The highest BCUT2D eigenvalue weighted by atomic mass is 16.5. The van der Waals surface area contributed by atoms with E-state index < -0.39 is 0 Å². The van der Waals surface area contributed by atoms with Gasteiger partial charge in [0.1, 0.15) is 11.9 Å². The van der Waals surface area contributed by atoms with E-state index in [1.54, 1.807) is 14.0 Å². The van der Waals surface area contributed by atoms with Gasteiger partial charge < -0.3 is 14.6 Å². The first-order chi connectivity index (χ1) is 8.30. The van der Waals surface area contributed by atoms with Crippen LogP contribution in [0.1, 0.15) is 18.9 Å². The largest absolute Gasteiger partial charge is 0.497 e. The van der Waals surface area contributed by atoms with Crippen LogP contribution in [0.2, 0.25) is 0 Å². The van der Waals surface area contributed by atoms with Crippen LogP contribution >= 0.6 is 0 Å². The van der Waals surface area contributed by atoms with Gasteiger partial charge in [-0.2, -0.15) is 0 Å². The highest BCUT2D eigenvalue weighted by Crippen LogP contribution is 2.12. The molecule has 3 heteroatoms. The Hall–Kier alpha value is -1.50. The molecule has 0 bridgehead atoms. The zero-order valence-electron chi connectivity index (χ0n) is 10.3. The Morgan fingerprint density at radius 2 is 2.00 bits per heavy atom. The lowest BCUT2D eigenvalue weighted by Crippen LogP contribution is -2.12. The molecule has 92 valence electrons. The predicted molar refractivity (Wildman–Crippen MR) is 66.7 cm³/mol. The second kappa shape index (κ2) is 7.72. The number of rotatable bonds is 6. The summed E-state index contributed by atoms with van der Waals surface area (Å²) in [5.41, 5.74) is 1.06. The highest BCUT2D eigenvalue weighted by Gasteiger charge is 2.04. The average Bonchev–Trinajstić information content (AvgIpc) is 2.37. The summed E-state index contributed by atoms with van der Waals surface area (Å²) >= 11 is 0. The van der Waals surface area contributed by atoms with Crippen LogP contribution in [-0.2, 0) is 11.3 Å². The Morgan fingerprint density at radius 3 is 2.53 bits per heavy atom. The summed E-state index contributed by atoms with van der Waals surface area (Å²) in [6.07, 6.45) is 0.337. The number of ether oxygens (including phenoxy) is 2. The van der Waals surface area contributed by atoms with Gasteiger partial charge in [-0.1, -0.05) is 18.1 Å². The molecule has 0 aliphatic heterocycles. The van der Waals surface area contributed by atoms with Gasteiger partial charge in [0.25, 0.3) is 0 Å². The molecule has 1 N–H and O–H groups in total. The molecule has 0 aliphatic carbocycles. The Morgan fingerprint density at radius 1 is 1.29 bits per heavy atom. The van der Waals surface area contributed by atoms with Crippen LogP contribution < -0.4 is 4.74 Å². The number of aliphatic hydroxyl groups excluding tert-OH is 1. The Bertz CT molecular complexity index is 373. The summed E-state index contributed by atoms with van der Waals surface area (Å²) in [6.45, 7) is 2.34. The molecular weight excluding hydrogens is 216 g/mol. The van der Waals surface area contributed by atoms with Gasteiger partial charge in [-0.3, -0.25) is 0 Å². The predicted octanol–water partition coefficient (Wildman–Crippen LogP) is 1.99. The lowest BCUT2D eigenvalue weighted by atomic mass is 10.2. The van der Waals surface area contributed by atoms with E-state index in [1.165, 1.54) is 0 Å². The van der Waals surface area contributed by atoms with Crippen LogP contribution in [0.5, 0.6) is 5.75 Å². The first-order valence-electron chi connectivity index (χ1n) is 5.57. The van der Waals surface area contributed by atoms with E-state index >= 15 is 0 Å². The first-order valence-corrected chi connectivity index (χ1v) is 5.57. The Labute approximate surface area is 102 Å². The Balaban J connectivity index is 2.48. The summed E-state index contributed by atoms with van der Waals surface area (Å²) in [4.78, 5) is 0. The van der Waals surface area contributed by atoms with Crippen LogP contribution in [0.3, 0.4) is 0 Å². The van der Waals surface area contributed by atoms with Gasteiger partial charge in [0, 0.05) is 13.0 Å². The second-order valence-electron chi connectivity index (χ2n) is 3.55. The minimum atomic E-state index is -0.202. The van der Waals surface area contributed by atoms with Gasteiger partial charge in [-0.05, 0) is 24.6 Å². The van der Waals surface area contributed by atoms with E-state index in [-0.39, 0.29) is 12.7 Å². The molecule has 1 atom stereocenters. The van der Waals surface area contributed by atoms with E-state index in [0.29, 0.717) is 13.0 Å². The lowest BCUT2D eigenvalue weighted by Gasteiger charge is -2.11. The minimum Gasteiger partial charge on any atom is -0.497 e. The van der Waals surface area contributed by atoms with Crippen molar-refractivity contribution in [2.75, 3.05) is 13.7 Å². The fourth-order valence-corrected chi connectivity index (χ4v) is 1.39. The smallest absolute Gasteiger partial charge is 0.120 e. The van der Waals surface area contributed by atoms with Crippen molar-refractivity contribution in [1.29, 1.82) is 0 Å². The molecule has 0 spiro atoms. The van der Waals surface area contributed by atoms with Crippen molar-refractivity contribution < 1.29 is 14.6 Å². The Kier molecular flexibility index (Phi) is 6.16. The van der Waals surface area contributed by atoms with Gasteiger partial charge in [0.2, 0.25) is 0 Å². The molecule has 0 aliphatic rings. The van der Waals surface area contributed by atoms with Gasteiger partial charge >= 0.3 is 0 Å². The molecule has 0 saturated carbocycles. The molecule has 3 nitrogen and oxygen atoms in total. The third kappa shape index (κ3) is 4.90. The van der Waals surface area contributed by atoms with E-state index in [2.05, 4.69) is 11.8 Å². The van der Waals surface area contributed by atoms with Crippen LogP contribution in [-0.4, -0.2) is 24.9 Å². The summed E-state index contributed by atoms with van der Waals surface area (Å²) in [5.74, 6) is 6.55. The van der Waals surface area contributed by atoms with Crippen LogP contribution in [0.15, 0.2) is 24.3 Å². The van der Waals surface area contributed by atoms with Gasteiger partial charge in [-0.15, -0.1) is 5.92 Å². The molecule has 0 radical (unpaired) electrons. The molecule has 17 heavy (non-hydrogen) atoms. The summed E-state index contributed by atoms with van der Waals surface area (Å²) in [7, 11) is 1.64. The molecule has 0 aromatic heterocycles. The number of methoxy groups -OCH3 is 1. The molecule has 0 saturated heterocycles. The van der Waals surface area contributed by atoms with E-state index in [9.17, 15) is 0 Å². The molecular formula is C14H18O3. The van der Waals surface area contributed by atoms with E-state index in [4.69, 9.17) is 14.6 Å². The van der Waals surface area contributed by atoms with Gasteiger partial charge in [0.15, 0.2) is 0 Å². The van der Waals surface area contributed by atoms with Crippen molar-refractivity contribution in [3.63, 3.8) is 0 Å². The number of aliphatic hydroxyl groups is 1. The minimum absolute atomic E-state index is 0.0853. The number of hydrogen-bond donors (Lipinski definition) is 1.